The first-order valence-corrected chi connectivity index (χ1v) is 9.47. The van der Waals surface area contributed by atoms with Crippen molar-refractivity contribution in [2.24, 2.45) is 0 Å². The summed E-state index contributed by atoms with van der Waals surface area (Å²) in [5.41, 5.74) is 1.87. The molecule has 6 nitrogen and oxygen atoms in total. The van der Waals surface area contributed by atoms with Crippen LogP contribution in [0.4, 0.5) is 5.82 Å². The molecule has 0 aliphatic rings. The number of amides is 1. The topological polar surface area (TPSA) is 73.0 Å². The zero-order chi connectivity index (χ0) is 17.6. The van der Waals surface area contributed by atoms with Crippen molar-refractivity contribution >= 4 is 34.5 Å². The maximum Gasteiger partial charge on any atom is 0.245 e. The Morgan fingerprint density at radius 1 is 1.32 bits per heavy atom. The highest BCUT2D eigenvalue weighted by Crippen LogP contribution is 2.25. The first kappa shape index (κ1) is 17.5. The van der Waals surface area contributed by atoms with E-state index in [2.05, 4.69) is 22.4 Å². The molecule has 0 atom stereocenters. The van der Waals surface area contributed by atoms with Gasteiger partial charge in [0.05, 0.1) is 11.0 Å². The largest absolute Gasteiger partial charge is 0.360 e. The molecule has 7 heteroatoms. The Balaban J connectivity index is 1.76. The summed E-state index contributed by atoms with van der Waals surface area (Å²) in [6.07, 6.45) is 3.55. The Hall–Kier alpha value is -2.28. The first-order chi connectivity index (χ1) is 12.2. The maximum absolute atomic E-state index is 12.4. The van der Waals surface area contributed by atoms with E-state index in [-0.39, 0.29) is 12.5 Å². The SMILES string of the molecule is CCCCCSc1nc2ccccc2n1CC(=O)Nc1cc(C)on1. The number of anilines is 1. The predicted molar refractivity (Wildman–Crippen MR) is 99.9 cm³/mol. The molecule has 0 spiro atoms. The van der Waals surface area contributed by atoms with Crippen molar-refractivity contribution < 1.29 is 9.32 Å². The molecular weight excluding hydrogens is 336 g/mol. The van der Waals surface area contributed by atoms with Gasteiger partial charge in [-0.1, -0.05) is 48.8 Å². The van der Waals surface area contributed by atoms with E-state index in [4.69, 9.17) is 4.52 Å². The summed E-state index contributed by atoms with van der Waals surface area (Å²) in [5.74, 6) is 1.95. The summed E-state index contributed by atoms with van der Waals surface area (Å²) >= 11 is 1.70. The predicted octanol–water partition coefficient (Wildman–Crippen LogP) is 4.25. The second-order valence-electron chi connectivity index (χ2n) is 5.90. The van der Waals surface area contributed by atoms with Gasteiger partial charge in [0.2, 0.25) is 5.91 Å². The molecule has 0 aliphatic heterocycles. The fourth-order valence-corrected chi connectivity index (χ4v) is 3.60. The van der Waals surface area contributed by atoms with E-state index in [1.54, 1.807) is 24.8 Å². The number of imidazole rings is 1. The van der Waals surface area contributed by atoms with Crippen LogP contribution in [0.3, 0.4) is 0 Å². The molecule has 2 aromatic heterocycles. The summed E-state index contributed by atoms with van der Waals surface area (Å²) in [4.78, 5) is 17.1. The van der Waals surface area contributed by atoms with Crippen LogP contribution in [0.15, 0.2) is 40.0 Å². The Kier molecular flexibility index (Phi) is 5.75. The number of hydrogen-bond acceptors (Lipinski definition) is 5. The zero-order valence-electron chi connectivity index (χ0n) is 14.5. The third-order valence-electron chi connectivity index (χ3n) is 3.80. The van der Waals surface area contributed by atoms with Gasteiger partial charge in [-0.2, -0.15) is 0 Å². The molecule has 0 radical (unpaired) electrons. The second kappa shape index (κ2) is 8.20. The lowest BCUT2D eigenvalue weighted by Crippen LogP contribution is -2.19. The fourth-order valence-electron chi connectivity index (χ4n) is 2.58. The number of para-hydroxylation sites is 2. The Bertz CT molecular complexity index is 856. The van der Waals surface area contributed by atoms with Gasteiger partial charge in [-0.05, 0) is 25.5 Å². The molecule has 2 heterocycles. The molecule has 0 fully saturated rings. The number of unbranched alkanes of at least 4 members (excludes halogenated alkanes) is 2. The van der Waals surface area contributed by atoms with Crippen LogP contribution in [-0.4, -0.2) is 26.4 Å². The van der Waals surface area contributed by atoms with Crippen LogP contribution in [0.5, 0.6) is 0 Å². The van der Waals surface area contributed by atoms with Gasteiger partial charge in [0.1, 0.15) is 12.3 Å². The van der Waals surface area contributed by atoms with Crippen molar-refractivity contribution in [3.63, 3.8) is 0 Å². The lowest BCUT2D eigenvalue weighted by molar-refractivity contribution is -0.116. The molecule has 1 amide bonds. The van der Waals surface area contributed by atoms with Crippen LogP contribution in [0, 0.1) is 6.92 Å². The molecular formula is C18H22N4O2S. The molecule has 3 aromatic rings. The summed E-state index contributed by atoms with van der Waals surface area (Å²) in [6, 6.07) is 9.59. The number of benzene rings is 1. The number of aryl methyl sites for hydroxylation is 1. The minimum atomic E-state index is -0.146. The molecule has 0 saturated heterocycles. The number of carbonyl (C=O) groups excluding carboxylic acids is 1. The Morgan fingerprint density at radius 3 is 2.92 bits per heavy atom. The van der Waals surface area contributed by atoms with Crippen molar-refractivity contribution in [1.29, 1.82) is 0 Å². The van der Waals surface area contributed by atoms with Gasteiger partial charge in [0.15, 0.2) is 11.0 Å². The zero-order valence-corrected chi connectivity index (χ0v) is 15.3. The van der Waals surface area contributed by atoms with Gasteiger partial charge in [-0.25, -0.2) is 4.98 Å². The summed E-state index contributed by atoms with van der Waals surface area (Å²) in [6.45, 7) is 4.18. The number of fused-ring (bicyclic) bond motifs is 1. The lowest BCUT2D eigenvalue weighted by atomic mass is 10.3. The number of hydrogen-bond donors (Lipinski definition) is 1. The number of nitrogens with one attached hydrogen (secondary N) is 1. The molecule has 0 unspecified atom stereocenters. The van der Waals surface area contributed by atoms with Gasteiger partial charge in [0, 0.05) is 11.8 Å². The minimum Gasteiger partial charge on any atom is -0.360 e. The molecule has 0 bridgehead atoms. The van der Waals surface area contributed by atoms with Crippen LogP contribution in [0.2, 0.25) is 0 Å². The summed E-state index contributed by atoms with van der Waals surface area (Å²) in [5, 5.41) is 7.45. The smallest absolute Gasteiger partial charge is 0.245 e. The molecule has 0 saturated carbocycles. The standard InChI is InChI=1S/C18H22N4O2S/c1-3-4-7-10-25-18-19-14-8-5-6-9-15(14)22(18)12-17(23)20-16-11-13(2)24-21-16/h5-6,8-9,11H,3-4,7,10,12H2,1-2H3,(H,20,21,23). The average Bonchev–Trinajstić information content (AvgIpc) is 3.15. The molecule has 0 aliphatic carbocycles. The van der Waals surface area contributed by atoms with Gasteiger partial charge >= 0.3 is 0 Å². The molecule has 1 N–H and O–H groups in total. The van der Waals surface area contributed by atoms with Gasteiger partial charge in [0.25, 0.3) is 0 Å². The van der Waals surface area contributed by atoms with Gasteiger partial charge in [-0.15, -0.1) is 0 Å². The monoisotopic (exact) mass is 358 g/mol. The molecule has 3 rings (SSSR count). The first-order valence-electron chi connectivity index (χ1n) is 8.48. The van der Waals surface area contributed by atoms with Crippen molar-refractivity contribution in [1.82, 2.24) is 14.7 Å². The summed E-state index contributed by atoms with van der Waals surface area (Å²) < 4.78 is 6.95. The van der Waals surface area contributed by atoms with Crippen molar-refractivity contribution in [3.8, 4) is 0 Å². The van der Waals surface area contributed by atoms with E-state index in [0.717, 1.165) is 28.4 Å². The van der Waals surface area contributed by atoms with E-state index in [1.165, 1.54) is 12.8 Å². The number of carbonyl (C=O) groups is 1. The number of nitrogens with zero attached hydrogens (tertiary/aromatic N) is 3. The Morgan fingerprint density at radius 2 is 2.16 bits per heavy atom. The fraction of sp³-hybridized carbons (Fsp3) is 0.389. The van der Waals surface area contributed by atoms with E-state index in [0.29, 0.717) is 11.6 Å². The average molecular weight is 358 g/mol. The van der Waals surface area contributed by atoms with Crippen molar-refractivity contribution in [3.05, 3.63) is 36.1 Å². The number of rotatable bonds is 8. The second-order valence-corrected chi connectivity index (χ2v) is 6.96. The normalized spacial score (nSPS) is 11.1. The highest BCUT2D eigenvalue weighted by atomic mass is 32.2. The van der Waals surface area contributed by atoms with E-state index < -0.39 is 0 Å². The third-order valence-corrected chi connectivity index (χ3v) is 4.86. The molecule has 1 aromatic carbocycles. The van der Waals surface area contributed by atoms with E-state index in [9.17, 15) is 4.79 Å². The lowest BCUT2D eigenvalue weighted by Gasteiger charge is -2.08. The molecule has 132 valence electrons. The quantitative estimate of drug-likeness (QED) is 0.481. The van der Waals surface area contributed by atoms with Crippen LogP contribution in [0.25, 0.3) is 11.0 Å². The highest BCUT2D eigenvalue weighted by molar-refractivity contribution is 7.99. The number of thioether (sulfide) groups is 1. The van der Waals surface area contributed by atoms with Crippen LogP contribution in [-0.2, 0) is 11.3 Å². The van der Waals surface area contributed by atoms with Crippen LogP contribution >= 0.6 is 11.8 Å². The molecule has 25 heavy (non-hydrogen) atoms. The van der Waals surface area contributed by atoms with E-state index >= 15 is 0 Å². The maximum atomic E-state index is 12.4. The number of aromatic nitrogens is 3. The van der Waals surface area contributed by atoms with Gasteiger partial charge in [-0.3, -0.25) is 4.79 Å². The minimum absolute atomic E-state index is 0.146. The van der Waals surface area contributed by atoms with Gasteiger partial charge < -0.3 is 14.4 Å². The Labute approximate surface area is 151 Å². The van der Waals surface area contributed by atoms with Crippen molar-refractivity contribution in [2.45, 2.75) is 44.8 Å². The highest BCUT2D eigenvalue weighted by Gasteiger charge is 2.15. The van der Waals surface area contributed by atoms with Crippen molar-refractivity contribution in [2.75, 3.05) is 11.1 Å². The summed E-state index contributed by atoms with van der Waals surface area (Å²) in [7, 11) is 0. The third kappa shape index (κ3) is 4.42. The van der Waals surface area contributed by atoms with Crippen LogP contribution < -0.4 is 5.32 Å². The van der Waals surface area contributed by atoms with Crippen LogP contribution in [0.1, 0.15) is 31.9 Å². The van der Waals surface area contributed by atoms with E-state index in [1.807, 2.05) is 28.8 Å².